The fourth-order valence-electron chi connectivity index (χ4n) is 2.02. The second kappa shape index (κ2) is 5.90. The third kappa shape index (κ3) is 3.42. The Hall–Kier alpha value is -1.59. The summed E-state index contributed by atoms with van der Waals surface area (Å²) < 4.78 is 17.1. The van der Waals surface area contributed by atoms with E-state index < -0.39 is 0 Å². The van der Waals surface area contributed by atoms with Crippen LogP contribution in [0.15, 0.2) is 36.4 Å². The fourth-order valence-corrected chi connectivity index (χ4v) is 2.02. The summed E-state index contributed by atoms with van der Waals surface area (Å²) in [4.78, 5) is 11.4. The zero-order valence-corrected chi connectivity index (χ0v) is 13.9. The number of esters is 1. The van der Waals surface area contributed by atoms with Crippen molar-refractivity contribution < 1.29 is 18.8 Å². The minimum absolute atomic E-state index is 0.231. The summed E-state index contributed by atoms with van der Waals surface area (Å²) in [5.74, 6) is -0.380. The lowest BCUT2D eigenvalue weighted by Crippen LogP contribution is -2.41. The van der Waals surface area contributed by atoms with Crippen molar-refractivity contribution in [2.45, 2.75) is 52.4 Å². The molecule has 1 aromatic rings. The highest BCUT2D eigenvalue weighted by atomic mass is 16.7. The minimum atomic E-state index is -0.380. The summed E-state index contributed by atoms with van der Waals surface area (Å²) in [7, 11) is -0.378. The zero-order valence-electron chi connectivity index (χ0n) is 13.9. The van der Waals surface area contributed by atoms with Crippen LogP contribution in [0.5, 0.6) is 0 Å². The van der Waals surface area contributed by atoms with Crippen molar-refractivity contribution in [3.8, 4) is 0 Å². The maximum absolute atomic E-state index is 11.4. The van der Waals surface area contributed by atoms with Crippen molar-refractivity contribution >= 4 is 18.6 Å². The molecule has 0 amide bonds. The van der Waals surface area contributed by atoms with Gasteiger partial charge in [0.2, 0.25) is 0 Å². The topological polar surface area (TPSA) is 44.8 Å². The first-order chi connectivity index (χ1) is 10.1. The first kappa shape index (κ1) is 16.8. The van der Waals surface area contributed by atoms with Crippen LogP contribution in [0.25, 0.3) is 0 Å². The van der Waals surface area contributed by atoms with Crippen molar-refractivity contribution in [3.63, 3.8) is 0 Å². The molecule has 118 valence electrons. The molecule has 0 bridgehead atoms. The summed E-state index contributed by atoms with van der Waals surface area (Å²) >= 11 is 0. The van der Waals surface area contributed by atoms with Crippen molar-refractivity contribution in [2.75, 3.05) is 0 Å². The smallest absolute Gasteiger partial charge is 0.457 e. The van der Waals surface area contributed by atoms with Gasteiger partial charge in [-0.15, -0.1) is 0 Å². The zero-order chi connectivity index (χ0) is 16.5. The third-order valence-corrected chi connectivity index (χ3v) is 4.22. The van der Waals surface area contributed by atoms with Gasteiger partial charge in [0.05, 0.1) is 11.2 Å². The van der Waals surface area contributed by atoms with Gasteiger partial charge in [-0.1, -0.05) is 30.8 Å². The van der Waals surface area contributed by atoms with Crippen LogP contribution in [0, 0.1) is 0 Å². The van der Waals surface area contributed by atoms with E-state index in [-0.39, 0.29) is 30.9 Å². The van der Waals surface area contributed by atoms with Gasteiger partial charge in [0.1, 0.15) is 6.61 Å². The van der Waals surface area contributed by atoms with Gasteiger partial charge in [0, 0.05) is 5.57 Å². The lowest BCUT2D eigenvalue weighted by molar-refractivity contribution is -0.140. The molecule has 0 unspecified atom stereocenters. The van der Waals surface area contributed by atoms with Crippen LogP contribution >= 0.6 is 0 Å². The Kier molecular flexibility index (Phi) is 4.50. The average Bonchev–Trinajstić information content (AvgIpc) is 2.65. The van der Waals surface area contributed by atoms with Gasteiger partial charge in [-0.2, -0.15) is 0 Å². The molecule has 1 aliphatic rings. The number of carbonyl (C=O) groups is 1. The Morgan fingerprint density at radius 2 is 1.64 bits per heavy atom. The fraction of sp³-hybridized carbons (Fsp3) is 0.471. The van der Waals surface area contributed by atoms with Crippen molar-refractivity contribution in [1.82, 2.24) is 0 Å². The number of benzene rings is 1. The molecule has 4 nitrogen and oxygen atoms in total. The predicted molar refractivity (Wildman–Crippen MR) is 86.8 cm³/mol. The SMILES string of the molecule is C=C(C)C(=O)OCc1ccc(B2OC(C)(C)C(C)(C)O2)cc1. The molecule has 1 heterocycles. The monoisotopic (exact) mass is 302 g/mol. The molecule has 22 heavy (non-hydrogen) atoms. The molecule has 0 saturated carbocycles. The molecule has 5 heteroatoms. The van der Waals surface area contributed by atoms with Crippen LogP contribution < -0.4 is 5.46 Å². The molecule has 1 fully saturated rings. The van der Waals surface area contributed by atoms with Crippen molar-refractivity contribution in [2.24, 2.45) is 0 Å². The number of rotatable bonds is 4. The molecule has 0 aromatic heterocycles. The first-order valence-corrected chi connectivity index (χ1v) is 7.39. The van der Waals surface area contributed by atoms with E-state index in [0.717, 1.165) is 11.0 Å². The summed E-state index contributed by atoms with van der Waals surface area (Å²) in [5, 5.41) is 0. The summed E-state index contributed by atoms with van der Waals surface area (Å²) in [6, 6.07) is 7.69. The van der Waals surface area contributed by atoms with E-state index in [1.54, 1.807) is 6.92 Å². The van der Waals surface area contributed by atoms with Gasteiger partial charge in [-0.25, -0.2) is 4.79 Å². The summed E-state index contributed by atoms with van der Waals surface area (Å²) in [6.07, 6.45) is 0. The van der Waals surface area contributed by atoms with Crippen LogP contribution in [0.3, 0.4) is 0 Å². The van der Waals surface area contributed by atoms with Gasteiger partial charge >= 0.3 is 13.1 Å². The highest BCUT2D eigenvalue weighted by Gasteiger charge is 2.51. The summed E-state index contributed by atoms with van der Waals surface area (Å²) in [5.41, 5.74) is 1.55. The lowest BCUT2D eigenvalue weighted by Gasteiger charge is -2.32. The average molecular weight is 302 g/mol. The number of ether oxygens (including phenoxy) is 1. The molecular formula is C17H23BO4. The molecule has 0 atom stereocenters. The van der Waals surface area contributed by atoms with Crippen molar-refractivity contribution in [1.29, 1.82) is 0 Å². The molecule has 1 aliphatic heterocycles. The van der Waals surface area contributed by atoms with E-state index in [9.17, 15) is 4.79 Å². The Morgan fingerprint density at radius 3 is 2.09 bits per heavy atom. The second-order valence-corrected chi connectivity index (χ2v) is 6.69. The van der Waals surface area contributed by atoms with E-state index in [0.29, 0.717) is 5.57 Å². The third-order valence-electron chi connectivity index (χ3n) is 4.22. The second-order valence-electron chi connectivity index (χ2n) is 6.69. The van der Waals surface area contributed by atoms with E-state index in [1.807, 2.05) is 52.0 Å². The van der Waals surface area contributed by atoms with Crippen LogP contribution in [-0.2, 0) is 25.4 Å². The first-order valence-electron chi connectivity index (χ1n) is 7.39. The molecule has 2 rings (SSSR count). The number of hydrogen-bond acceptors (Lipinski definition) is 4. The van der Waals surface area contributed by atoms with Gasteiger partial charge < -0.3 is 14.0 Å². The van der Waals surface area contributed by atoms with Gasteiger partial charge in [0.25, 0.3) is 0 Å². The largest absolute Gasteiger partial charge is 0.494 e. The van der Waals surface area contributed by atoms with Crippen LogP contribution in [0.2, 0.25) is 0 Å². The van der Waals surface area contributed by atoms with E-state index in [4.69, 9.17) is 14.0 Å². The normalized spacial score (nSPS) is 19.0. The van der Waals surface area contributed by atoms with Crippen LogP contribution in [0.4, 0.5) is 0 Å². The minimum Gasteiger partial charge on any atom is -0.457 e. The Balaban J connectivity index is 2.01. The van der Waals surface area contributed by atoms with Gasteiger partial charge in [-0.05, 0) is 45.6 Å². The highest BCUT2D eigenvalue weighted by molar-refractivity contribution is 6.62. The molecule has 0 spiro atoms. The summed E-state index contributed by atoms with van der Waals surface area (Å²) in [6.45, 7) is 13.5. The van der Waals surface area contributed by atoms with Gasteiger partial charge in [-0.3, -0.25) is 0 Å². The highest BCUT2D eigenvalue weighted by Crippen LogP contribution is 2.36. The van der Waals surface area contributed by atoms with E-state index in [1.165, 1.54) is 0 Å². The Bertz CT molecular complexity index is 559. The molecule has 0 radical (unpaired) electrons. The maximum Gasteiger partial charge on any atom is 0.494 e. The molecule has 1 saturated heterocycles. The molecule has 1 aromatic carbocycles. The van der Waals surface area contributed by atoms with Gasteiger partial charge in [0.15, 0.2) is 0 Å². The lowest BCUT2D eigenvalue weighted by atomic mass is 9.79. The van der Waals surface area contributed by atoms with Crippen molar-refractivity contribution in [3.05, 3.63) is 42.0 Å². The molecule has 0 N–H and O–H groups in total. The standard InChI is InChI=1S/C17H23BO4/c1-12(2)15(19)20-11-13-7-9-14(10-8-13)18-21-16(3,4)17(5,6)22-18/h7-10H,1,11H2,2-6H3. The van der Waals surface area contributed by atoms with Crippen LogP contribution in [-0.4, -0.2) is 24.3 Å². The molecule has 0 aliphatic carbocycles. The predicted octanol–water partition coefficient (Wildman–Crippen LogP) is 2.61. The number of carbonyl (C=O) groups excluding carboxylic acids is 1. The quantitative estimate of drug-likeness (QED) is 0.487. The van der Waals surface area contributed by atoms with E-state index >= 15 is 0 Å². The Labute approximate surface area is 132 Å². The molecular weight excluding hydrogens is 279 g/mol. The van der Waals surface area contributed by atoms with Crippen LogP contribution in [0.1, 0.15) is 40.2 Å². The maximum atomic E-state index is 11.4. The van der Waals surface area contributed by atoms with E-state index in [2.05, 4.69) is 6.58 Å². The number of hydrogen-bond donors (Lipinski definition) is 0. The Morgan fingerprint density at radius 1 is 1.14 bits per heavy atom.